The fourth-order valence-corrected chi connectivity index (χ4v) is 3.45. The smallest absolute Gasteiger partial charge is 0.125 e. The molecular weight excluding hydrogens is 330 g/mol. The van der Waals surface area contributed by atoms with Crippen LogP contribution in [0, 0.1) is 6.92 Å². The SMILES string of the molecule is Cc1ncc(CN2CCc3cc(-c4ccc(Cl)cc4)ccc3C2)cn1. The second kappa shape index (κ2) is 6.95. The van der Waals surface area contributed by atoms with Crippen LogP contribution in [0.3, 0.4) is 0 Å². The van der Waals surface area contributed by atoms with Gasteiger partial charge in [-0.3, -0.25) is 4.90 Å². The lowest BCUT2D eigenvalue weighted by Gasteiger charge is -2.29. The Morgan fingerprint density at radius 2 is 1.68 bits per heavy atom. The van der Waals surface area contributed by atoms with Crippen LogP contribution in [0.5, 0.6) is 0 Å². The Kier molecular flexibility index (Phi) is 4.51. The predicted octanol–water partition coefficient (Wildman–Crippen LogP) is 4.66. The third-order valence-electron chi connectivity index (χ3n) is 4.72. The van der Waals surface area contributed by atoms with Crippen LogP contribution in [0.2, 0.25) is 5.02 Å². The molecule has 4 rings (SSSR count). The van der Waals surface area contributed by atoms with Crippen molar-refractivity contribution in [1.29, 1.82) is 0 Å². The van der Waals surface area contributed by atoms with E-state index < -0.39 is 0 Å². The highest BCUT2D eigenvalue weighted by Gasteiger charge is 2.17. The van der Waals surface area contributed by atoms with Crippen LogP contribution in [-0.2, 0) is 19.5 Å². The monoisotopic (exact) mass is 349 g/mol. The molecule has 0 bridgehead atoms. The molecule has 0 saturated carbocycles. The van der Waals surface area contributed by atoms with Crippen LogP contribution in [-0.4, -0.2) is 21.4 Å². The number of hydrogen-bond acceptors (Lipinski definition) is 3. The molecule has 0 unspecified atom stereocenters. The van der Waals surface area contributed by atoms with Gasteiger partial charge in [0.1, 0.15) is 5.82 Å². The number of hydrogen-bond donors (Lipinski definition) is 0. The highest BCUT2D eigenvalue weighted by molar-refractivity contribution is 6.30. The average molecular weight is 350 g/mol. The van der Waals surface area contributed by atoms with Gasteiger partial charge in [-0.15, -0.1) is 0 Å². The zero-order valence-corrected chi connectivity index (χ0v) is 15.0. The van der Waals surface area contributed by atoms with Crippen LogP contribution in [0.15, 0.2) is 54.9 Å². The van der Waals surface area contributed by atoms with Gasteiger partial charge in [-0.25, -0.2) is 9.97 Å². The molecular formula is C21H20ClN3. The summed E-state index contributed by atoms with van der Waals surface area (Å²) in [6, 6.07) is 14.8. The highest BCUT2D eigenvalue weighted by Crippen LogP contribution is 2.27. The molecule has 1 aliphatic rings. The minimum atomic E-state index is 0.775. The molecule has 0 radical (unpaired) electrons. The molecule has 0 amide bonds. The molecule has 25 heavy (non-hydrogen) atoms. The summed E-state index contributed by atoms with van der Waals surface area (Å²) in [5, 5.41) is 0.775. The predicted molar refractivity (Wildman–Crippen MR) is 101 cm³/mol. The normalized spacial score (nSPS) is 14.3. The molecule has 1 aromatic heterocycles. The van der Waals surface area contributed by atoms with E-state index in [9.17, 15) is 0 Å². The molecule has 0 N–H and O–H groups in total. The molecule has 0 saturated heterocycles. The quantitative estimate of drug-likeness (QED) is 0.688. The molecule has 1 aliphatic heterocycles. The van der Waals surface area contributed by atoms with Gasteiger partial charge in [0.25, 0.3) is 0 Å². The van der Waals surface area contributed by atoms with Gasteiger partial charge in [0.15, 0.2) is 0 Å². The topological polar surface area (TPSA) is 29.0 Å². The number of aryl methyl sites for hydroxylation is 1. The summed E-state index contributed by atoms with van der Waals surface area (Å²) in [7, 11) is 0. The van der Waals surface area contributed by atoms with Crippen molar-refractivity contribution < 1.29 is 0 Å². The molecule has 126 valence electrons. The van der Waals surface area contributed by atoms with Crippen molar-refractivity contribution in [2.75, 3.05) is 6.54 Å². The first-order chi connectivity index (χ1) is 12.2. The molecule has 4 heteroatoms. The Morgan fingerprint density at radius 3 is 2.44 bits per heavy atom. The summed E-state index contributed by atoms with van der Waals surface area (Å²) in [5.74, 6) is 0.822. The first-order valence-corrected chi connectivity index (χ1v) is 8.93. The number of nitrogens with zero attached hydrogens (tertiary/aromatic N) is 3. The first kappa shape index (κ1) is 16.2. The fraction of sp³-hybridized carbons (Fsp3) is 0.238. The zero-order chi connectivity index (χ0) is 17.2. The fourth-order valence-electron chi connectivity index (χ4n) is 3.33. The zero-order valence-electron chi connectivity index (χ0n) is 14.2. The molecule has 2 heterocycles. The van der Waals surface area contributed by atoms with Crippen LogP contribution in [0.4, 0.5) is 0 Å². The Morgan fingerprint density at radius 1 is 0.960 bits per heavy atom. The maximum Gasteiger partial charge on any atom is 0.125 e. The molecule has 0 fully saturated rings. The summed E-state index contributed by atoms with van der Waals surface area (Å²) in [5.41, 5.74) is 6.51. The van der Waals surface area contributed by atoms with Crippen molar-refractivity contribution in [3.63, 3.8) is 0 Å². The molecule has 0 spiro atoms. The van der Waals surface area contributed by atoms with Gasteiger partial charge in [0.05, 0.1) is 0 Å². The third kappa shape index (κ3) is 3.73. The van der Waals surface area contributed by atoms with Crippen LogP contribution in [0.1, 0.15) is 22.5 Å². The standard InChI is InChI=1S/C21H20ClN3/c1-15-23-11-16(12-24-15)13-25-9-8-19-10-18(2-3-20(19)14-25)17-4-6-21(22)7-5-17/h2-7,10-12H,8-9,13-14H2,1H3. The average Bonchev–Trinajstić information content (AvgIpc) is 2.64. The van der Waals surface area contributed by atoms with Crippen molar-refractivity contribution in [2.24, 2.45) is 0 Å². The molecule has 2 aromatic carbocycles. The Hall–Kier alpha value is -2.23. The van der Waals surface area contributed by atoms with E-state index in [-0.39, 0.29) is 0 Å². The van der Waals surface area contributed by atoms with Gasteiger partial charge in [-0.2, -0.15) is 0 Å². The Labute approximate surface area is 153 Å². The van der Waals surface area contributed by atoms with E-state index in [1.54, 1.807) is 0 Å². The minimum absolute atomic E-state index is 0.775. The summed E-state index contributed by atoms with van der Waals surface area (Å²) < 4.78 is 0. The third-order valence-corrected chi connectivity index (χ3v) is 4.97. The molecule has 0 atom stereocenters. The molecule has 0 aliphatic carbocycles. The Balaban J connectivity index is 1.50. The highest BCUT2D eigenvalue weighted by atomic mass is 35.5. The van der Waals surface area contributed by atoms with Crippen molar-refractivity contribution >= 4 is 11.6 Å². The van der Waals surface area contributed by atoms with Crippen molar-refractivity contribution in [3.8, 4) is 11.1 Å². The van der Waals surface area contributed by atoms with E-state index in [1.807, 2.05) is 31.5 Å². The van der Waals surface area contributed by atoms with Crippen molar-refractivity contribution in [1.82, 2.24) is 14.9 Å². The maximum atomic E-state index is 5.99. The Bertz CT molecular complexity index is 873. The largest absolute Gasteiger partial charge is 0.294 e. The van der Waals surface area contributed by atoms with Gasteiger partial charge in [-0.1, -0.05) is 41.9 Å². The van der Waals surface area contributed by atoms with E-state index in [2.05, 4.69) is 45.2 Å². The van der Waals surface area contributed by atoms with E-state index >= 15 is 0 Å². The summed E-state index contributed by atoms with van der Waals surface area (Å²) >= 11 is 5.99. The lowest BCUT2D eigenvalue weighted by molar-refractivity contribution is 0.245. The van der Waals surface area contributed by atoms with Gasteiger partial charge < -0.3 is 0 Å². The number of halogens is 1. The van der Waals surface area contributed by atoms with Crippen molar-refractivity contribution in [3.05, 3.63) is 82.4 Å². The number of fused-ring (bicyclic) bond motifs is 1. The van der Waals surface area contributed by atoms with Gasteiger partial charge >= 0.3 is 0 Å². The van der Waals surface area contributed by atoms with E-state index in [1.165, 1.54) is 27.8 Å². The lowest BCUT2D eigenvalue weighted by atomic mass is 9.94. The van der Waals surface area contributed by atoms with Crippen LogP contribution < -0.4 is 0 Å². The molecule has 3 nitrogen and oxygen atoms in total. The second-order valence-electron chi connectivity index (χ2n) is 6.59. The maximum absolute atomic E-state index is 5.99. The number of aromatic nitrogens is 2. The number of rotatable bonds is 3. The first-order valence-electron chi connectivity index (χ1n) is 8.55. The summed E-state index contributed by atoms with van der Waals surface area (Å²) in [4.78, 5) is 11.0. The van der Waals surface area contributed by atoms with Crippen LogP contribution in [0.25, 0.3) is 11.1 Å². The van der Waals surface area contributed by atoms with E-state index in [4.69, 9.17) is 11.6 Å². The number of benzene rings is 2. The second-order valence-corrected chi connectivity index (χ2v) is 7.03. The van der Waals surface area contributed by atoms with E-state index in [0.717, 1.165) is 36.9 Å². The van der Waals surface area contributed by atoms with Crippen molar-refractivity contribution in [2.45, 2.75) is 26.4 Å². The minimum Gasteiger partial charge on any atom is -0.294 e. The van der Waals surface area contributed by atoms with E-state index in [0.29, 0.717) is 0 Å². The summed E-state index contributed by atoms with van der Waals surface area (Å²) in [6.45, 7) is 4.85. The molecule has 3 aromatic rings. The van der Waals surface area contributed by atoms with Gasteiger partial charge in [0.2, 0.25) is 0 Å². The van der Waals surface area contributed by atoms with Gasteiger partial charge in [0, 0.05) is 42.6 Å². The lowest BCUT2D eigenvalue weighted by Crippen LogP contribution is -2.30. The summed E-state index contributed by atoms with van der Waals surface area (Å²) in [6.07, 6.45) is 4.94. The van der Waals surface area contributed by atoms with Gasteiger partial charge in [-0.05, 0) is 47.7 Å². The van der Waals surface area contributed by atoms with Crippen LogP contribution >= 0.6 is 11.6 Å².